The fourth-order valence-corrected chi connectivity index (χ4v) is 4.02. The normalized spacial score (nSPS) is 15.5. The maximum Gasteiger partial charge on any atom is 0.264 e. The molecule has 0 unspecified atom stereocenters. The van der Waals surface area contributed by atoms with E-state index in [1.807, 2.05) is 48.2 Å². The van der Waals surface area contributed by atoms with Crippen molar-refractivity contribution in [1.82, 2.24) is 0 Å². The van der Waals surface area contributed by atoms with E-state index in [2.05, 4.69) is 9.89 Å². The van der Waals surface area contributed by atoms with Crippen LogP contribution in [0.2, 0.25) is 10.0 Å². The van der Waals surface area contributed by atoms with Gasteiger partial charge in [0.25, 0.3) is 10.1 Å². The van der Waals surface area contributed by atoms with Gasteiger partial charge in [0.15, 0.2) is 0 Å². The molecule has 2 aromatic carbocycles. The Kier molecular flexibility index (Phi) is 6.85. The summed E-state index contributed by atoms with van der Waals surface area (Å²) in [5.41, 5.74) is 2.54. The molecule has 3 rings (SSSR count). The highest BCUT2D eigenvalue weighted by Crippen LogP contribution is 2.45. The van der Waals surface area contributed by atoms with Gasteiger partial charge in [-0.1, -0.05) is 41.4 Å². The van der Waals surface area contributed by atoms with Crippen molar-refractivity contribution in [2.45, 2.75) is 13.3 Å². The molecule has 9 heteroatoms. The van der Waals surface area contributed by atoms with Crippen molar-refractivity contribution in [3.63, 3.8) is 0 Å². The van der Waals surface area contributed by atoms with Crippen molar-refractivity contribution in [1.29, 1.82) is 0 Å². The largest absolute Gasteiger partial charge is 0.326 e. The summed E-state index contributed by atoms with van der Waals surface area (Å²) >= 11 is 12.5. The number of halogens is 2. The highest BCUT2D eigenvalue weighted by atomic mass is 35.5. The number of anilines is 2. The topological polar surface area (TPSA) is 73.2 Å². The van der Waals surface area contributed by atoms with E-state index in [4.69, 9.17) is 27.8 Å². The molecule has 0 saturated heterocycles. The van der Waals surface area contributed by atoms with Gasteiger partial charge >= 0.3 is 0 Å². The lowest BCUT2D eigenvalue weighted by molar-refractivity contribution is 0.481. The van der Waals surface area contributed by atoms with Crippen LogP contribution < -0.4 is 9.80 Å². The van der Waals surface area contributed by atoms with Gasteiger partial charge in [-0.3, -0.25) is 9.55 Å². The minimum Gasteiger partial charge on any atom is -0.326 e. The van der Waals surface area contributed by atoms with E-state index in [-0.39, 0.29) is 12.2 Å². The lowest BCUT2D eigenvalue weighted by atomic mass is 10.2. The molecular formula is C20H21Cl2N3O3S. The number of allylic oxidation sites excluding steroid dienone is 1. The summed E-state index contributed by atoms with van der Waals surface area (Å²) in [6.45, 7) is 3.06. The first-order chi connectivity index (χ1) is 13.8. The zero-order valence-electron chi connectivity index (χ0n) is 15.8. The number of benzene rings is 2. The average Bonchev–Trinajstić information content (AvgIpc) is 2.94. The van der Waals surface area contributed by atoms with Crippen molar-refractivity contribution >= 4 is 56.6 Å². The third-order valence-corrected chi connectivity index (χ3v) is 5.98. The maximum absolute atomic E-state index is 11.1. The number of aliphatic imine (C=N–C) groups is 1. The van der Waals surface area contributed by atoms with Gasteiger partial charge in [0.1, 0.15) is 5.82 Å². The quantitative estimate of drug-likeness (QED) is 0.462. The predicted molar refractivity (Wildman–Crippen MR) is 121 cm³/mol. The summed E-state index contributed by atoms with van der Waals surface area (Å²) in [6.07, 6.45) is 3.83. The zero-order chi connectivity index (χ0) is 21.0. The summed E-state index contributed by atoms with van der Waals surface area (Å²) < 4.78 is 31.3. The standard InChI is InChI=1S/C20H21Cl2N3O3S/c1-2-24-18-13-16(21)17(22)14-19(18)25(11-6-12-29(26,27)28)20(24)9-10-23-15-7-4-3-5-8-15/h3-5,7-10,13-14H,2,6,11-12H2,1H3,(H,26,27,28)/b20-9-,23-10?. The Morgan fingerprint density at radius 1 is 1.07 bits per heavy atom. The number of hydrogen-bond donors (Lipinski definition) is 1. The highest BCUT2D eigenvalue weighted by molar-refractivity contribution is 7.85. The summed E-state index contributed by atoms with van der Waals surface area (Å²) in [4.78, 5) is 8.47. The molecular weight excluding hydrogens is 433 g/mol. The van der Waals surface area contributed by atoms with E-state index in [1.165, 1.54) is 0 Å². The third-order valence-electron chi connectivity index (χ3n) is 4.46. The van der Waals surface area contributed by atoms with E-state index >= 15 is 0 Å². The van der Waals surface area contributed by atoms with Gasteiger partial charge < -0.3 is 9.80 Å². The average molecular weight is 454 g/mol. The highest BCUT2D eigenvalue weighted by Gasteiger charge is 2.31. The van der Waals surface area contributed by atoms with Gasteiger partial charge in [0.05, 0.1) is 32.9 Å². The Bertz CT molecular complexity index is 1040. The van der Waals surface area contributed by atoms with E-state index in [0.717, 1.165) is 22.9 Å². The van der Waals surface area contributed by atoms with Crippen LogP contribution in [0, 0.1) is 0 Å². The Balaban J connectivity index is 1.96. The molecule has 0 atom stereocenters. The molecule has 0 radical (unpaired) electrons. The van der Waals surface area contributed by atoms with Gasteiger partial charge in [-0.2, -0.15) is 8.42 Å². The minimum absolute atomic E-state index is 0.253. The molecule has 0 fully saturated rings. The Morgan fingerprint density at radius 2 is 1.69 bits per heavy atom. The molecule has 154 valence electrons. The molecule has 2 aromatic rings. The maximum atomic E-state index is 11.1. The number of hydrogen-bond acceptors (Lipinski definition) is 5. The lowest BCUT2D eigenvalue weighted by Crippen LogP contribution is -2.30. The van der Waals surface area contributed by atoms with E-state index in [9.17, 15) is 8.42 Å². The van der Waals surface area contributed by atoms with Gasteiger partial charge in [0.2, 0.25) is 0 Å². The van der Waals surface area contributed by atoms with Gasteiger partial charge in [-0.15, -0.1) is 0 Å². The van der Waals surface area contributed by atoms with Crippen molar-refractivity contribution in [2.24, 2.45) is 4.99 Å². The van der Waals surface area contributed by atoms with Crippen LogP contribution in [0.15, 0.2) is 59.4 Å². The summed E-state index contributed by atoms with van der Waals surface area (Å²) in [5, 5.41) is 0.862. The molecule has 1 aliphatic heterocycles. The second-order valence-corrected chi connectivity index (χ2v) is 8.82. The molecule has 0 aliphatic carbocycles. The molecule has 0 amide bonds. The number of fused-ring (bicyclic) bond motifs is 1. The molecule has 1 heterocycles. The number of rotatable bonds is 7. The second kappa shape index (κ2) is 9.17. The molecule has 29 heavy (non-hydrogen) atoms. The van der Waals surface area contributed by atoms with Crippen molar-refractivity contribution in [2.75, 3.05) is 28.6 Å². The first-order valence-electron chi connectivity index (χ1n) is 9.09. The van der Waals surface area contributed by atoms with E-state index in [1.54, 1.807) is 18.3 Å². The minimum atomic E-state index is -4.03. The number of para-hydroxylation sites is 1. The molecule has 6 nitrogen and oxygen atoms in total. The van der Waals surface area contributed by atoms with Crippen LogP contribution in [0.5, 0.6) is 0 Å². The van der Waals surface area contributed by atoms with Crippen LogP contribution in [0.3, 0.4) is 0 Å². The van der Waals surface area contributed by atoms with Crippen LogP contribution in [0.4, 0.5) is 17.1 Å². The summed E-state index contributed by atoms with van der Waals surface area (Å²) in [7, 11) is -4.03. The first-order valence-corrected chi connectivity index (χ1v) is 11.5. The van der Waals surface area contributed by atoms with Gasteiger partial charge in [0, 0.05) is 19.3 Å². The second-order valence-electron chi connectivity index (χ2n) is 6.43. The van der Waals surface area contributed by atoms with Gasteiger partial charge in [-0.05, 0) is 43.7 Å². The van der Waals surface area contributed by atoms with Crippen molar-refractivity contribution in [3.8, 4) is 0 Å². The van der Waals surface area contributed by atoms with Crippen LogP contribution >= 0.6 is 23.2 Å². The first kappa shape index (κ1) is 21.6. The summed E-state index contributed by atoms with van der Waals surface area (Å²) in [6, 6.07) is 13.1. The Hall–Kier alpha value is -2.06. The van der Waals surface area contributed by atoms with Crippen LogP contribution in [-0.4, -0.2) is 38.0 Å². The smallest absolute Gasteiger partial charge is 0.264 e. The lowest BCUT2D eigenvalue weighted by Gasteiger charge is -2.24. The molecule has 0 bridgehead atoms. The molecule has 0 spiro atoms. The monoisotopic (exact) mass is 453 g/mol. The van der Waals surface area contributed by atoms with E-state index < -0.39 is 10.1 Å². The summed E-state index contributed by atoms with van der Waals surface area (Å²) in [5.74, 6) is 0.508. The Labute approximate surface area is 180 Å². The van der Waals surface area contributed by atoms with Crippen LogP contribution in [0.25, 0.3) is 0 Å². The predicted octanol–water partition coefficient (Wildman–Crippen LogP) is 5.16. The van der Waals surface area contributed by atoms with E-state index in [0.29, 0.717) is 23.1 Å². The van der Waals surface area contributed by atoms with Crippen LogP contribution in [0.1, 0.15) is 13.3 Å². The zero-order valence-corrected chi connectivity index (χ0v) is 18.1. The molecule has 1 N–H and O–H groups in total. The molecule has 1 aliphatic rings. The van der Waals surface area contributed by atoms with Gasteiger partial charge in [-0.25, -0.2) is 0 Å². The number of nitrogens with zero attached hydrogens (tertiary/aromatic N) is 3. The van der Waals surface area contributed by atoms with Crippen LogP contribution in [-0.2, 0) is 10.1 Å². The third kappa shape index (κ3) is 5.30. The molecule has 0 saturated carbocycles. The fourth-order valence-electron chi connectivity index (χ4n) is 3.21. The fraction of sp³-hybridized carbons (Fsp3) is 0.250. The van der Waals surface area contributed by atoms with Crippen molar-refractivity contribution in [3.05, 3.63) is 64.4 Å². The molecule has 0 aromatic heterocycles. The SMILES string of the molecule is CCN1/C(=C/C=Nc2ccccc2)N(CCCS(=O)(=O)O)c2cc(Cl)c(Cl)cc21. The van der Waals surface area contributed by atoms with Crippen molar-refractivity contribution < 1.29 is 13.0 Å². The Morgan fingerprint density at radius 3 is 2.28 bits per heavy atom.